The molecule has 1 aromatic rings. The van der Waals surface area contributed by atoms with Crippen molar-refractivity contribution in [2.45, 2.75) is 53.5 Å². The first-order valence-electron chi connectivity index (χ1n) is 7.29. The average molecular weight is 276 g/mol. The lowest BCUT2D eigenvalue weighted by molar-refractivity contribution is -0.121. The van der Waals surface area contributed by atoms with Crippen molar-refractivity contribution in [2.24, 2.45) is 11.1 Å². The maximum Gasteiger partial charge on any atom is 0.224 e. The summed E-state index contributed by atoms with van der Waals surface area (Å²) in [4.78, 5) is 12.3. The third kappa shape index (κ3) is 4.97. The van der Waals surface area contributed by atoms with Crippen molar-refractivity contribution in [3.05, 3.63) is 34.9 Å². The maximum atomic E-state index is 12.3. The Morgan fingerprint density at radius 1 is 1.30 bits per heavy atom. The number of nitrogens with one attached hydrogen (secondary N) is 1. The van der Waals surface area contributed by atoms with Gasteiger partial charge in [-0.15, -0.1) is 0 Å². The largest absolute Gasteiger partial charge is 0.353 e. The van der Waals surface area contributed by atoms with E-state index < -0.39 is 0 Å². The van der Waals surface area contributed by atoms with Crippen LogP contribution in [0.4, 0.5) is 0 Å². The molecule has 0 heterocycles. The molecule has 0 aromatic heterocycles. The molecule has 0 radical (unpaired) electrons. The molecule has 1 rings (SSSR count). The third-order valence-corrected chi connectivity index (χ3v) is 3.69. The van der Waals surface area contributed by atoms with Crippen molar-refractivity contribution in [1.82, 2.24) is 5.32 Å². The van der Waals surface area contributed by atoms with Crippen LogP contribution in [0.1, 0.15) is 43.9 Å². The summed E-state index contributed by atoms with van der Waals surface area (Å²) >= 11 is 0. The molecule has 0 aliphatic carbocycles. The number of benzene rings is 1. The molecule has 0 saturated heterocycles. The minimum atomic E-state index is 0.0245. The SMILES string of the molecule is Cc1ccc(C)c(CC(=O)NC(CCN)C(C)(C)C)c1. The summed E-state index contributed by atoms with van der Waals surface area (Å²) in [5.41, 5.74) is 9.12. The van der Waals surface area contributed by atoms with Crippen molar-refractivity contribution in [2.75, 3.05) is 6.54 Å². The van der Waals surface area contributed by atoms with Gasteiger partial charge in [0.2, 0.25) is 5.91 Å². The number of nitrogens with two attached hydrogens (primary N) is 1. The smallest absolute Gasteiger partial charge is 0.224 e. The van der Waals surface area contributed by atoms with Crippen LogP contribution in [0.2, 0.25) is 0 Å². The van der Waals surface area contributed by atoms with Gasteiger partial charge >= 0.3 is 0 Å². The van der Waals surface area contributed by atoms with Crippen LogP contribution >= 0.6 is 0 Å². The van der Waals surface area contributed by atoms with Gasteiger partial charge < -0.3 is 11.1 Å². The van der Waals surface area contributed by atoms with Gasteiger partial charge in [0, 0.05) is 6.04 Å². The Bertz CT molecular complexity index is 461. The third-order valence-electron chi connectivity index (χ3n) is 3.69. The number of carbonyl (C=O) groups is 1. The van der Waals surface area contributed by atoms with Crippen LogP contribution in [0.15, 0.2) is 18.2 Å². The Hall–Kier alpha value is -1.35. The number of hydrogen-bond acceptors (Lipinski definition) is 2. The molecule has 0 bridgehead atoms. The van der Waals surface area contributed by atoms with E-state index >= 15 is 0 Å². The average Bonchev–Trinajstić information content (AvgIpc) is 2.32. The zero-order valence-corrected chi connectivity index (χ0v) is 13.4. The molecule has 1 aromatic carbocycles. The Morgan fingerprint density at radius 2 is 1.95 bits per heavy atom. The molecule has 0 spiro atoms. The summed E-state index contributed by atoms with van der Waals surface area (Å²) < 4.78 is 0. The number of carbonyl (C=O) groups excluding carboxylic acids is 1. The predicted octanol–water partition coefficient (Wildman–Crippen LogP) is 2.73. The van der Waals surface area contributed by atoms with E-state index in [9.17, 15) is 4.79 Å². The Morgan fingerprint density at radius 3 is 2.50 bits per heavy atom. The van der Waals surface area contributed by atoms with Crippen molar-refractivity contribution in [1.29, 1.82) is 0 Å². The molecular weight excluding hydrogens is 248 g/mol. The van der Waals surface area contributed by atoms with Crippen LogP contribution in [0, 0.1) is 19.3 Å². The lowest BCUT2D eigenvalue weighted by Gasteiger charge is -2.31. The fourth-order valence-corrected chi connectivity index (χ4v) is 2.30. The van der Waals surface area contributed by atoms with Gasteiger partial charge in [0.15, 0.2) is 0 Å². The quantitative estimate of drug-likeness (QED) is 0.869. The summed E-state index contributed by atoms with van der Waals surface area (Å²) in [6.45, 7) is 11.1. The maximum absolute atomic E-state index is 12.3. The summed E-state index contributed by atoms with van der Waals surface area (Å²) in [6.07, 6.45) is 1.24. The van der Waals surface area contributed by atoms with E-state index in [4.69, 9.17) is 5.73 Å². The molecule has 0 fully saturated rings. The highest BCUT2D eigenvalue weighted by Gasteiger charge is 2.25. The lowest BCUT2D eigenvalue weighted by Crippen LogP contribution is -2.45. The molecule has 1 atom stereocenters. The Kier molecular flexibility index (Phi) is 5.75. The highest BCUT2D eigenvalue weighted by Crippen LogP contribution is 2.21. The molecule has 0 saturated carbocycles. The van der Waals surface area contributed by atoms with Crippen molar-refractivity contribution >= 4 is 5.91 Å². The van der Waals surface area contributed by atoms with Gasteiger partial charge in [0.1, 0.15) is 0 Å². The minimum absolute atomic E-state index is 0.0245. The van der Waals surface area contributed by atoms with Crippen LogP contribution in [0.3, 0.4) is 0 Å². The normalized spacial score (nSPS) is 13.1. The second-order valence-corrected chi connectivity index (χ2v) is 6.67. The zero-order valence-electron chi connectivity index (χ0n) is 13.4. The van der Waals surface area contributed by atoms with Gasteiger partial charge in [-0.1, -0.05) is 44.5 Å². The van der Waals surface area contributed by atoms with Gasteiger partial charge in [-0.2, -0.15) is 0 Å². The molecule has 3 heteroatoms. The molecule has 1 amide bonds. The highest BCUT2D eigenvalue weighted by molar-refractivity contribution is 5.79. The van der Waals surface area contributed by atoms with Crippen LogP contribution in [0.5, 0.6) is 0 Å². The van der Waals surface area contributed by atoms with Crippen molar-refractivity contribution < 1.29 is 4.79 Å². The molecule has 0 aliphatic rings. The molecule has 112 valence electrons. The van der Waals surface area contributed by atoms with E-state index in [2.05, 4.69) is 44.3 Å². The van der Waals surface area contributed by atoms with E-state index in [1.165, 1.54) is 5.56 Å². The first-order valence-corrected chi connectivity index (χ1v) is 7.29. The van der Waals surface area contributed by atoms with Gasteiger partial charge in [-0.25, -0.2) is 0 Å². The fourth-order valence-electron chi connectivity index (χ4n) is 2.30. The summed E-state index contributed by atoms with van der Waals surface area (Å²) in [5, 5.41) is 3.13. The summed E-state index contributed by atoms with van der Waals surface area (Å²) in [5.74, 6) is 0.0760. The van der Waals surface area contributed by atoms with E-state index in [0.717, 1.165) is 17.5 Å². The molecule has 20 heavy (non-hydrogen) atoms. The molecule has 0 aliphatic heterocycles. The van der Waals surface area contributed by atoms with Gasteiger partial charge in [0.05, 0.1) is 6.42 Å². The first kappa shape index (κ1) is 16.7. The number of hydrogen-bond donors (Lipinski definition) is 2. The van der Waals surface area contributed by atoms with Gasteiger partial charge in [-0.3, -0.25) is 4.79 Å². The Balaban J connectivity index is 2.73. The van der Waals surface area contributed by atoms with Gasteiger partial charge in [0.25, 0.3) is 0 Å². The Labute approximate surface area is 122 Å². The summed E-state index contributed by atoms with van der Waals surface area (Å²) in [6, 6.07) is 6.34. The van der Waals surface area contributed by atoms with Crippen molar-refractivity contribution in [3.8, 4) is 0 Å². The van der Waals surface area contributed by atoms with Gasteiger partial charge in [-0.05, 0) is 43.4 Å². The number of rotatable bonds is 5. The second kappa shape index (κ2) is 6.89. The van der Waals surface area contributed by atoms with E-state index in [-0.39, 0.29) is 17.4 Å². The van der Waals surface area contributed by atoms with E-state index in [0.29, 0.717) is 13.0 Å². The zero-order chi connectivity index (χ0) is 15.3. The fraction of sp³-hybridized carbons (Fsp3) is 0.588. The molecule has 3 nitrogen and oxygen atoms in total. The predicted molar refractivity (Wildman–Crippen MR) is 84.7 cm³/mol. The van der Waals surface area contributed by atoms with Crippen LogP contribution in [-0.4, -0.2) is 18.5 Å². The van der Waals surface area contributed by atoms with Crippen LogP contribution < -0.4 is 11.1 Å². The standard InChI is InChI=1S/C17H28N2O/c1-12-6-7-13(2)14(10-12)11-16(20)19-15(8-9-18)17(3,4)5/h6-7,10,15H,8-9,11,18H2,1-5H3,(H,19,20). The second-order valence-electron chi connectivity index (χ2n) is 6.67. The van der Waals surface area contributed by atoms with E-state index in [1.54, 1.807) is 0 Å². The molecule has 3 N–H and O–H groups in total. The molecular formula is C17H28N2O. The number of amides is 1. The molecule has 1 unspecified atom stereocenters. The van der Waals surface area contributed by atoms with E-state index in [1.807, 2.05) is 13.8 Å². The first-order chi connectivity index (χ1) is 9.24. The highest BCUT2D eigenvalue weighted by atomic mass is 16.1. The summed E-state index contributed by atoms with van der Waals surface area (Å²) in [7, 11) is 0. The minimum Gasteiger partial charge on any atom is -0.353 e. The van der Waals surface area contributed by atoms with Crippen LogP contribution in [-0.2, 0) is 11.2 Å². The van der Waals surface area contributed by atoms with Crippen molar-refractivity contribution in [3.63, 3.8) is 0 Å². The number of aryl methyl sites for hydroxylation is 2. The monoisotopic (exact) mass is 276 g/mol. The topological polar surface area (TPSA) is 55.1 Å². The van der Waals surface area contributed by atoms with Crippen LogP contribution in [0.25, 0.3) is 0 Å². The lowest BCUT2D eigenvalue weighted by atomic mass is 9.84.